The molecule has 1 saturated carbocycles. The first-order valence-electron chi connectivity index (χ1n) is 7.39. The molecule has 0 saturated heterocycles. The van der Waals surface area contributed by atoms with Crippen LogP contribution in [0.4, 0.5) is 0 Å². The van der Waals surface area contributed by atoms with Gasteiger partial charge in [-0.2, -0.15) is 10.4 Å². The Kier molecular flexibility index (Phi) is 4.98. The minimum absolute atomic E-state index is 0.171. The molecule has 4 heteroatoms. The largest absolute Gasteiger partial charge is 0.308 e. The Balaban J connectivity index is 1.98. The molecule has 1 N–H and O–H groups in total. The summed E-state index contributed by atoms with van der Waals surface area (Å²) < 4.78 is 1.88. The van der Waals surface area contributed by atoms with Crippen molar-refractivity contribution in [2.45, 2.75) is 58.0 Å². The van der Waals surface area contributed by atoms with E-state index in [1.165, 1.54) is 24.8 Å². The fourth-order valence-electron chi connectivity index (χ4n) is 2.98. The molecule has 1 fully saturated rings. The smallest absolute Gasteiger partial charge is 0.0672 e. The SMILES string of the molecule is CCc1nn(C)cc1CNC1CCCCCC1C#N. The van der Waals surface area contributed by atoms with Crippen molar-refractivity contribution in [2.75, 3.05) is 0 Å². The zero-order chi connectivity index (χ0) is 13.7. The standard InChI is InChI=1S/C15H24N4/c1-3-14-13(11-19(2)18-14)10-17-15-8-6-4-5-7-12(15)9-16/h11-12,15,17H,3-8,10H2,1-2H3. The third kappa shape index (κ3) is 3.57. The number of aryl methyl sites for hydroxylation is 2. The van der Waals surface area contributed by atoms with Crippen LogP contribution >= 0.6 is 0 Å². The van der Waals surface area contributed by atoms with Gasteiger partial charge >= 0.3 is 0 Å². The van der Waals surface area contributed by atoms with E-state index in [2.05, 4.69) is 29.6 Å². The Morgan fingerprint density at radius 3 is 2.95 bits per heavy atom. The number of hydrogen-bond donors (Lipinski definition) is 1. The average molecular weight is 260 g/mol. The van der Waals surface area contributed by atoms with Crippen molar-refractivity contribution in [3.63, 3.8) is 0 Å². The van der Waals surface area contributed by atoms with Crippen LogP contribution in [-0.2, 0) is 20.0 Å². The van der Waals surface area contributed by atoms with Gasteiger partial charge in [0, 0.05) is 31.4 Å². The number of nitrogens with zero attached hydrogens (tertiary/aromatic N) is 3. The lowest BCUT2D eigenvalue weighted by Gasteiger charge is -2.20. The molecule has 2 unspecified atom stereocenters. The molecule has 4 nitrogen and oxygen atoms in total. The third-order valence-corrected chi connectivity index (χ3v) is 4.06. The van der Waals surface area contributed by atoms with E-state index in [1.54, 1.807) is 0 Å². The molecule has 2 rings (SSSR count). The van der Waals surface area contributed by atoms with E-state index in [0.29, 0.717) is 6.04 Å². The molecule has 0 amide bonds. The minimum Gasteiger partial charge on any atom is -0.308 e. The molecule has 1 aromatic heterocycles. The first kappa shape index (κ1) is 14.1. The van der Waals surface area contributed by atoms with Crippen LogP contribution in [0.1, 0.15) is 50.3 Å². The Bertz CT molecular complexity index is 443. The highest BCUT2D eigenvalue weighted by Crippen LogP contribution is 2.23. The maximum absolute atomic E-state index is 9.28. The Morgan fingerprint density at radius 1 is 1.42 bits per heavy atom. The molecule has 1 heterocycles. The summed E-state index contributed by atoms with van der Waals surface area (Å²) in [6, 6.07) is 2.83. The van der Waals surface area contributed by atoms with Crippen molar-refractivity contribution in [3.05, 3.63) is 17.5 Å². The molecule has 1 aliphatic rings. The van der Waals surface area contributed by atoms with Crippen LogP contribution in [-0.4, -0.2) is 15.8 Å². The first-order valence-corrected chi connectivity index (χ1v) is 7.39. The lowest BCUT2D eigenvalue weighted by molar-refractivity contribution is 0.393. The van der Waals surface area contributed by atoms with Crippen LogP contribution in [0.3, 0.4) is 0 Å². The van der Waals surface area contributed by atoms with Gasteiger partial charge in [0.2, 0.25) is 0 Å². The summed E-state index contributed by atoms with van der Waals surface area (Å²) in [5, 5.41) is 17.3. The Morgan fingerprint density at radius 2 is 2.21 bits per heavy atom. The van der Waals surface area contributed by atoms with Crippen LogP contribution < -0.4 is 5.32 Å². The van der Waals surface area contributed by atoms with Crippen molar-refractivity contribution in [1.82, 2.24) is 15.1 Å². The molecule has 104 valence electrons. The van der Waals surface area contributed by atoms with Gasteiger partial charge in [-0.15, -0.1) is 0 Å². The topological polar surface area (TPSA) is 53.6 Å². The van der Waals surface area contributed by atoms with Gasteiger partial charge in [0.05, 0.1) is 17.7 Å². The normalized spacial score (nSPS) is 23.8. The van der Waals surface area contributed by atoms with Gasteiger partial charge < -0.3 is 5.32 Å². The summed E-state index contributed by atoms with van der Waals surface area (Å²) in [5.74, 6) is 0.171. The molecule has 0 radical (unpaired) electrons. The molecular weight excluding hydrogens is 236 g/mol. The summed E-state index contributed by atoms with van der Waals surface area (Å²) in [6.45, 7) is 2.97. The van der Waals surface area contributed by atoms with E-state index >= 15 is 0 Å². The first-order chi connectivity index (χ1) is 9.24. The molecule has 2 atom stereocenters. The van der Waals surface area contributed by atoms with E-state index in [1.807, 2.05) is 11.7 Å². The van der Waals surface area contributed by atoms with E-state index in [0.717, 1.165) is 31.5 Å². The van der Waals surface area contributed by atoms with Crippen molar-refractivity contribution in [2.24, 2.45) is 13.0 Å². The van der Waals surface area contributed by atoms with Gasteiger partial charge in [0.1, 0.15) is 0 Å². The van der Waals surface area contributed by atoms with Crippen molar-refractivity contribution in [3.8, 4) is 6.07 Å². The van der Waals surface area contributed by atoms with Crippen molar-refractivity contribution in [1.29, 1.82) is 5.26 Å². The second-order valence-electron chi connectivity index (χ2n) is 5.49. The summed E-state index contributed by atoms with van der Waals surface area (Å²) in [4.78, 5) is 0. The lowest BCUT2D eigenvalue weighted by atomic mass is 9.96. The quantitative estimate of drug-likeness (QED) is 0.846. The minimum atomic E-state index is 0.171. The fraction of sp³-hybridized carbons (Fsp3) is 0.733. The second-order valence-corrected chi connectivity index (χ2v) is 5.49. The van der Waals surface area contributed by atoms with Gasteiger partial charge in [-0.3, -0.25) is 4.68 Å². The van der Waals surface area contributed by atoms with Gasteiger partial charge in [0.15, 0.2) is 0 Å². The fourth-order valence-corrected chi connectivity index (χ4v) is 2.98. The van der Waals surface area contributed by atoms with Gasteiger partial charge in [-0.25, -0.2) is 0 Å². The maximum atomic E-state index is 9.28. The van der Waals surface area contributed by atoms with Crippen LogP contribution in [0, 0.1) is 17.2 Å². The Labute approximate surface area is 115 Å². The highest BCUT2D eigenvalue weighted by molar-refractivity contribution is 5.17. The van der Waals surface area contributed by atoms with E-state index < -0.39 is 0 Å². The zero-order valence-electron chi connectivity index (χ0n) is 12.0. The van der Waals surface area contributed by atoms with E-state index in [4.69, 9.17) is 0 Å². The van der Waals surface area contributed by atoms with E-state index in [-0.39, 0.29) is 5.92 Å². The number of rotatable bonds is 4. The molecular formula is C15H24N4. The highest BCUT2D eigenvalue weighted by atomic mass is 15.3. The van der Waals surface area contributed by atoms with Gasteiger partial charge in [0.25, 0.3) is 0 Å². The summed E-state index contributed by atoms with van der Waals surface area (Å²) >= 11 is 0. The predicted octanol–water partition coefficient (Wildman–Crippen LogP) is 2.54. The number of nitriles is 1. The lowest BCUT2D eigenvalue weighted by Crippen LogP contribution is -2.34. The summed E-state index contributed by atoms with van der Waals surface area (Å²) in [7, 11) is 1.96. The monoisotopic (exact) mass is 260 g/mol. The predicted molar refractivity (Wildman–Crippen MR) is 75.4 cm³/mol. The molecule has 0 spiro atoms. The van der Waals surface area contributed by atoms with Crippen molar-refractivity contribution < 1.29 is 0 Å². The zero-order valence-corrected chi connectivity index (χ0v) is 12.0. The summed E-state index contributed by atoms with van der Waals surface area (Å²) in [5.41, 5.74) is 2.43. The number of aromatic nitrogens is 2. The molecule has 1 aliphatic carbocycles. The van der Waals surface area contributed by atoms with E-state index in [9.17, 15) is 5.26 Å². The van der Waals surface area contributed by atoms with Gasteiger partial charge in [-0.05, 0) is 19.3 Å². The maximum Gasteiger partial charge on any atom is 0.0672 e. The molecule has 0 aliphatic heterocycles. The van der Waals surface area contributed by atoms with Gasteiger partial charge in [-0.1, -0.05) is 26.2 Å². The molecule has 19 heavy (non-hydrogen) atoms. The van der Waals surface area contributed by atoms with Crippen molar-refractivity contribution >= 4 is 0 Å². The highest BCUT2D eigenvalue weighted by Gasteiger charge is 2.23. The van der Waals surface area contributed by atoms with Crippen LogP contribution in [0.5, 0.6) is 0 Å². The molecule has 0 aromatic carbocycles. The second kappa shape index (κ2) is 6.72. The molecule has 0 bridgehead atoms. The van der Waals surface area contributed by atoms with Crippen LogP contribution in [0.2, 0.25) is 0 Å². The summed E-state index contributed by atoms with van der Waals surface area (Å²) in [6.07, 6.45) is 8.92. The van der Waals surface area contributed by atoms with Crippen LogP contribution in [0.15, 0.2) is 6.20 Å². The number of hydrogen-bond acceptors (Lipinski definition) is 3. The average Bonchev–Trinajstić information content (AvgIpc) is 2.63. The number of nitrogens with one attached hydrogen (secondary N) is 1. The molecule has 1 aromatic rings. The Hall–Kier alpha value is -1.34. The van der Waals surface area contributed by atoms with Crippen LogP contribution in [0.25, 0.3) is 0 Å². The third-order valence-electron chi connectivity index (χ3n) is 4.06.